The van der Waals surface area contributed by atoms with Gasteiger partial charge >= 0.3 is 0 Å². The lowest BCUT2D eigenvalue weighted by Crippen LogP contribution is -2.38. The van der Waals surface area contributed by atoms with E-state index in [1.54, 1.807) is 29.5 Å². The summed E-state index contributed by atoms with van der Waals surface area (Å²) in [5, 5.41) is 2.43. The Kier molecular flexibility index (Phi) is 3.44. The second-order valence-electron chi connectivity index (χ2n) is 4.93. The molecule has 20 heavy (non-hydrogen) atoms. The molecule has 104 valence electrons. The number of carbonyl (C=O) groups is 1. The van der Waals surface area contributed by atoms with Crippen molar-refractivity contribution in [2.45, 2.75) is 19.4 Å². The number of thiophene rings is 1. The van der Waals surface area contributed by atoms with Crippen LogP contribution in [0.25, 0.3) is 0 Å². The molecule has 0 saturated heterocycles. The number of fused-ring (bicyclic) bond motifs is 1. The summed E-state index contributed by atoms with van der Waals surface area (Å²) >= 11 is 7.92. The van der Waals surface area contributed by atoms with Gasteiger partial charge in [-0.1, -0.05) is 17.7 Å². The first-order valence-corrected chi connectivity index (χ1v) is 7.76. The van der Waals surface area contributed by atoms with Crippen LogP contribution in [-0.2, 0) is 6.42 Å². The van der Waals surface area contributed by atoms with E-state index >= 15 is 0 Å². The smallest absolute Gasteiger partial charge is 0.255 e. The first-order valence-electron chi connectivity index (χ1n) is 6.51. The minimum atomic E-state index is -0.0494. The van der Waals surface area contributed by atoms with Crippen LogP contribution in [-0.4, -0.2) is 17.4 Å². The summed E-state index contributed by atoms with van der Waals surface area (Å²) < 4.78 is 0. The van der Waals surface area contributed by atoms with Crippen molar-refractivity contribution in [1.82, 2.24) is 4.90 Å². The van der Waals surface area contributed by atoms with Crippen LogP contribution in [0.5, 0.6) is 0 Å². The van der Waals surface area contributed by atoms with Crippen molar-refractivity contribution in [2.24, 2.45) is 0 Å². The molecule has 2 N–H and O–H groups in total. The van der Waals surface area contributed by atoms with Crippen LogP contribution in [0.2, 0.25) is 5.02 Å². The number of carbonyl (C=O) groups excluding carboxylic acids is 1. The molecule has 0 radical (unpaired) electrons. The van der Waals surface area contributed by atoms with Gasteiger partial charge in [-0.25, -0.2) is 0 Å². The van der Waals surface area contributed by atoms with E-state index in [1.165, 1.54) is 10.4 Å². The summed E-state index contributed by atoms with van der Waals surface area (Å²) in [5.41, 5.74) is 7.95. The molecule has 1 aliphatic rings. The Morgan fingerprint density at radius 3 is 3.05 bits per heavy atom. The van der Waals surface area contributed by atoms with Crippen molar-refractivity contribution < 1.29 is 4.79 Å². The summed E-state index contributed by atoms with van der Waals surface area (Å²) in [6.45, 7) is 2.78. The van der Waals surface area contributed by atoms with Gasteiger partial charge in [0.05, 0.1) is 22.3 Å². The topological polar surface area (TPSA) is 46.3 Å². The quantitative estimate of drug-likeness (QED) is 0.816. The van der Waals surface area contributed by atoms with E-state index in [4.69, 9.17) is 17.3 Å². The Bertz CT molecular complexity index is 668. The molecule has 0 saturated carbocycles. The number of hydrogen-bond donors (Lipinski definition) is 1. The van der Waals surface area contributed by atoms with Crippen molar-refractivity contribution in [1.29, 1.82) is 0 Å². The largest absolute Gasteiger partial charge is 0.398 e. The maximum atomic E-state index is 12.7. The van der Waals surface area contributed by atoms with Crippen LogP contribution in [0.3, 0.4) is 0 Å². The maximum absolute atomic E-state index is 12.7. The summed E-state index contributed by atoms with van der Waals surface area (Å²) in [6, 6.07) is 7.38. The summed E-state index contributed by atoms with van der Waals surface area (Å²) in [5.74, 6) is -0.0494. The molecule has 1 aliphatic heterocycles. The van der Waals surface area contributed by atoms with Gasteiger partial charge in [-0.05, 0) is 42.5 Å². The number of halogens is 1. The van der Waals surface area contributed by atoms with E-state index in [2.05, 4.69) is 18.4 Å². The molecule has 0 aliphatic carbocycles. The van der Waals surface area contributed by atoms with Crippen molar-refractivity contribution in [3.05, 3.63) is 50.7 Å². The van der Waals surface area contributed by atoms with Gasteiger partial charge in [-0.2, -0.15) is 0 Å². The van der Waals surface area contributed by atoms with E-state index < -0.39 is 0 Å². The Balaban J connectivity index is 1.94. The van der Waals surface area contributed by atoms with Gasteiger partial charge in [0.2, 0.25) is 0 Å². The highest BCUT2D eigenvalue weighted by atomic mass is 35.5. The molecule has 0 spiro atoms. The number of rotatable bonds is 1. The minimum absolute atomic E-state index is 0.0494. The van der Waals surface area contributed by atoms with E-state index in [1.807, 2.05) is 4.90 Å². The lowest BCUT2D eigenvalue weighted by molar-refractivity contribution is 0.0679. The number of nitrogens with two attached hydrogens (primary N) is 1. The van der Waals surface area contributed by atoms with Gasteiger partial charge in [-0.3, -0.25) is 4.79 Å². The molecule has 2 aromatic rings. The standard InChI is InChI=1S/C15H15ClN2OS/c1-9-10-6-8-20-13(10)5-7-18(9)15(19)11-3-2-4-12(17)14(11)16/h2-4,6,8-9H,5,7,17H2,1H3. The Hall–Kier alpha value is -1.52. The van der Waals surface area contributed by atoms with Gasteiger partial charge < -0.3 is 10.6 Å². The van der Waals surface area contributed by atoms with Crippen molar-refractivity contribution in [3.63, 3.8) is 0 Å². The summed E-state index contributed by atoms with van der Waals surface area (Å²) in [4.78, 5) is 16.0. The number of nitrogen functional groups attached to an aromatic ring is 1. The monoisotopic (exact) mass is 306 g/mol. The Morgan fingerprint density at radius 2 is 2.25 bits per heavy atom. The van der Waals surface area contributed by atoms with E-state index in [0.717, 1.165) is 13.0 Å². The SMILES string of the molecule is CC1c2ccsc2CCN1C(=O)c1cccc(N)c1Cl. The molecule has 3 nitrogen and oxygen atoms in total. The van der Waals surface area contributed by atoms with Gasteiger partial charge in [0.15, 0.2) is 0 Å². The zero-order valence-corrected chi connectivity index (χ0v) is 12.7. The van der Waals surface area contributed by atoms with E-state index in [-0.39, 0.29) is 11.9 Å². The third-order valence-corrected chi connectivity index (χ3v) is 5.22. The van der Waals surface area contributed by atoms with Crippen molar-refractivity contribution in [3.8, 4) is 0 Å². The fourth-order valence-corrected chi connectivity index (χ4v) is 3.83. The maximum Gasteiger partial charge on any atom is 0.255 e. The Labute approximate surface area is 127 Å². The van der Waals surface area contributed by atoms with Gasteiger partial charge in [-0.15, -0.1) is 11.3 Å². The Morgan fingerprint density at radius 1 is 1.45 bits per heavy atom. The molecule has 5 heteroatoms. The van der Waals surface area contributed by atoms with E-state index in [0.29, 0.717) is 16.3 Å². The number of amides is 1. The van der Waals surface area contributed by atoms with Gasteiger partial charge in [0.25, 0.3) is 5.91 Å². The van der Waals surface area contributed by atoms with E-state index in [9.17, 15) is 4.79 Å². The van der Waals surface area contributed by atoms with Crippen molar-refractivity contribution >= 4 is 34.5 Å². The third kappa shape index (κ3) is 2.09. The third-order valence-electron chi connectivity index (χ3n) is 3.80. The van der Waals surface area contributed by atoms with Crippen LogP contribution >= 0.6 is 22.9 Å². The molecule has 1 unspecified atom stereocenters. The zero-order chi connectivity index (χ0) is 14.3. The molecule has 1 atom stereocenters. The van der Waals surface area contributed by atoms with Crippen LogP contribution in [0.15, 0.2) is 29.6 Å². The number of benzene rings is 1. The highest BCUT2D eigenvalue weighted by Crippen LogP contribution is 2.35. The number of anilines is 1. The highest BCUT2D eigenvalue weighted by molar-refractivity contribution is 7.10. The average molecular weight is 307 g/mol. The summed E-state index contributed by atoms with van der Waals surface area (Å²) in [7, 11) is 0. The molecule has 1 aromatic heterocycles. The second-order valence-corrected chi connectivity index (χ2v) is 6.31. The minimum Gasteiger partial charge on any atom is -0.398 e. The molecular weight excluding hydrogens is 292 g/mol. The highest BCUT2D eigenvalue weighted by Gasteiger charge is 2.30. The van der Waals surface area contributed by atoms with Crippen LogP contribution in [0, 0.1) is 0 Å². The molecular formula is C15H15ClN2OS. The van der Waals surface area contributed by atoms with Crippen molar-refractivity contribution in [2.75, 3.05) is 12.3 Å². The molecule has 1 amide bonds. The number of hydrogen-bond acceptors (Lipinski definition) is 3. The molecule has 0 fully saturated rings. The molecule has 2 heterocycles. The fraction of sp³-hybridized carbons (Fsp3) is 0.267. The lowest BCUT2D eigenvalue weighted by Gasteiger charge is -2.34. The summed E-state index contributed by atoms with van der Waals surface area (Å²) in [6.07, 6.45) is 0.906. The zero-order valence-electron chi connectivity index (χ0n) is 11.1. The van der Waals surface area contributed by atoms with Gasteiger partial charge in [0.1, 0.15) is 0 Å². The number of nitrogens with zero attached hydrogens (tertiary/aromatic N) is 1. The normalized spacial score (nSPS) is 17.9. The average Bonchev–Trinajstić information content (AvgIpc) is 2.91. The van der Waals surface area contributed by atoms with Crippen LogP contribution < -0.4 is 5.73 Å². The second kappa shape index (κ2) is 5.11. The first-order chi connectivity index (χ1) is 9.59. The fourth-order valence-electron chi connectivity index (χ4n) is 2.66. The lowest BCUT2D eigenvalue weighted by atomic mass is 10.00. The predicted octanol–water partition coefficient (Wildman–Crippen LogP) is 3.74. The van der Waals surface area contributed by atoms with Gasteiger partial charge in [0, 0.05) is 11.4 Å². The van der Waals surface area contributed by atoms with Crippen LogP contribution in [0.1, 0.15) is 33.8 Å². The predicted molar refractivity (Wildman–Crippen MR) is 83.3 cm³/mol. The van der Waals surface area contributed by atoms with Crippen LogP contribution in [0.4, 0.5) is 5.69 Å². The first kappa shape index (κ1) is 13.5. The molecule has 0 bridgehead atoms. The molecule has 3 rings (SSSR count). The molecule has 1 aromatic carbocycles.